The molecule has 0 bridgehead atoms. The van der Waals surface area contributed by atoms with E-state index >= 15 is 0 Å². The van der Waals surface area contributed by atoms with Crippen LogP contribution in [0.1, 0.15) is 44.9 Å². The van der Waals surface area contributed by atoms with Crippen molar-refractivity contribution in [3.63, 3.8) is 0 Å². The van der Waals surface area contributed by atoms with Gasteiger partial charge in [0, 0.05) is 11.1 Å². The van der Waals surface area contributed by atoms with Crippen molar-refractivity contribution in [3.05, 3.63) is 29.3 Å². The zero-order valence-corrected chi connectivity index (χ0v) is 12.3. The predicted octanol–water partition coefficient (Wildman–Crippen LogP) is 2.34. The van der Waals surface area contributed by atoms with Crippen molar-refractivity contribution in [2.45, 2.75) is 46.3 Å². The van der Waals surface area contributed by atoms with Gasteiger partial charge in [-0.1, -0.05) is 11.6 Å². The summed E-state index contributed by atoms with van der Waals surface area (Å²) in [5, 5.41) is 12.5. The summed E-state index contributed by atoms with van der Waals surface area (Å²) in [6.45, 7) is 9.31. The first kappa shape index (κ1) is 15.5. The summed E-state index contributed by atoms with van der Waals surface area (Å²) in [4.78, 5) is 11.7. The lowest BCUT2D eigenvalue weighted by molar-refractivity contribution is -0.124. The Morgan fingerprint density at radius 1 is 1.42 bits per heavy atom. The van der Waals surface area contributed by atoms with Crippen LogP contribution in [-0.2, 0) is 4.79 Å². The van der Waals surface area contributed by atoms with Crippen LogP contribution in [0.25, 0.3) is 0 Å². The van der Waals surface area contributed by atoms with Gasteiger partial charge in [-0.15, -0.1) is 0 Å². The van der Waals surface area contributed by atoms with E-state index in [-0.39, 0.29) is 18.1 Å². The van der Waals surface area contributed by atoms with Gasteiger partial charge in [0.15, 0.2) is 6.61 Å². The minimum atomic E-state index is -0.624. The normalized spacial score (nSPS) is 12.9. The van der Waals surface area contributed by atoms with Gasteiger partial charge < -0.3 is 15.2 Å². The Hall–Kier alpha value is -1.55. The number of amides is 1. The van der Waals surface area contributed by atoms with Crippen molar-refractivity contribution in [1.29, 1.82) is 0 Å². The van der Waals surface area contributed by atoms with E-state index in [1.165, 1.54) is 0 Å². The van der Waals surface area contributed by atoms with Crippen LogP contribution in [0.3, 0.4) is 0 Å². The van der Waals surface area contributed by atoms with E-state index < -0.39 is 6.10 Å². The summed E-state index contributed by atoms with van der Waals surface area (Å²) in [5.74, 6) is 0.370. The van der Waals surface area contributed by atoms with Crippen LogP contribution >= 0.6 is 0 Å². The Kier molecular flexibility index (Phi) is 4.95. The lowest BCUT2D eigenvalue weighted by Gasteiger charge is -2.21. The van der Waals surface area contributed by atoms with Crippen molar-refractivity contribution in [2.24, 2.45) is 0 Å². The van der Waals surface area contributed by atoms with Gasteiger partial charge in [-0.25, -0.2) is 0 Å². The van der Waals surface area contributed by atoms with Crippen LogP contribution in [0.4, 0.5) is 0 Å². The molecule has 0 aliphatic heterocycles. The van der Waals surface area contributed by atoms with Gasteiger partial charge in [-0.3, -0.25) is 4.79 Å². The highest BCUT2D eigenvalue weighted by Crippen LogP contribution is 2.26. The summed E-state index contributed by atoms with van der Waals surface area (Å²) in [6, 6.07) is 5.53. The zero-order valence-electron chi connectivity index (χ0n) is 12.3. The Labute approximate surface area is 114 Å². The van der Waals surface area contributed by atoms with E-state index in [0.717, 1.165) is 5.56 Å². The summed E-state index contributed by atoms with van der Waals surface area (Å²) in [7, 11) is 0. The highest BCUT2D eigenvalue weighted by atomic mass is 16.5. The van der Waals surface area contributed by atoms with Crippen LogP contribution in [0.15, 0.2) is 18.2 Å². The van der Waals surface area contributed by atoms with Crippen LogP contribution < -0.4 is 10.1 Å². The van der Waals surface area contributed by atoms with Crippen molar-refractivity contribution >= 4 is 5.91 Å². The fourth-order valence-corrected chi connectivity index (χ4v) is 1.72. The van der Waals surface area contributed by atoms with Gasteiger partial charge in [0.2, 0.25) is 0 Å². The average molecular weight is 265 g/mol. The minimum Gasteiger partial charge on any atom is -0.483 e. The molecule has 0 fully saturated rings. The predicted molar refractivity (Wildman–Crippen MR) is 75.2 cm³/mol. The second-order valence-electron chi connectivity index (χ2n) is 5.80. The second-order valence-corrected chi connectivity index (χ2v) is 5.80. The summed E-state index contributed by atoms with van der Waals surface area (Å²) in [5.41, 5.74) is 1.46. The first-order chi connectivity index (χ1) is 8.69. The third-order valence-electron chi connectivity index (χ3n) is 2.49. The van der Waals surface area contributed by atoms with E-state index in [4.69, 9.17) is 4.74 Å². The van der Waals surface area contributed by atoms with Crippen LogP contribution in [0, 0.1) is 6.92 Å². The topological polar surface area (TPSA) is 58.6 Å². The van der Waals surface area contributed by atoms with E-state index in [2.05, 4.69) is 5.32 Å². The number of carbonyl (C=O) groups excluding carboxylic acids is 1. The van der Waals surface area contributed by atoms with Gasteiger partial charge in [0.25, 0.3) is 5.91 Å². The standard InChI is InChI=1S/C15H23NO3/c1-10-6-7-13(12(8-10)11(2)17)19-9-14(18)16-15(3,4)5/h6-8,11,17H,9H2,1-5H3,(H,16,18)/t11-/m1/s1. The quantitative estimate of drug-likeness (QED) is 0.878. The number of benzene rings is 1. The van der Waals surface area contributed by atoms with Crippen LogP contribution in [0.5, 0.6) is 5.75 Å². The largest absolute Gasteiger partial charge is 0.483 e. The maximum absolute atomic E-state index is 11.7. The minimum absolute atomic E-state index is 0.0555. The third-order valence-corrected chi connectivity index (χ3v) is 2.49. The number of aryl methyl sites for hydroxylation is 1. The number of aliphatic hydroxyl groups is 1. The number of rotatable bonds is 4. The molecule has 1 aromatic rings. The number of aliphatic hydroxyl groups excluding tert-OH is 1. The molecule has 0 radical (unpaired) electrons. The zero-order chi connectivity index (χ0) is 14.6. The molecule has 1 atom stereocenters. The highest BCUT2D eigenvalue weighted by Gasteiger charge is 2.15. The number of carbonyl (C=O) groups is 1. The van der Waals surface area contributed by atoms with Crippen LogP contribution in [0.2, 0.25) is 0 Å². The Bertz CT molecular complexity index is 447. The summed E-state index contributed by atoms with van der Waals surface area (Å²) < 4.78 is 5.49. The summed E-state index contributed by atoms with van der Waals surface area (Å²) >= 11 is 0. The molecule has 4 nitrogen and oxygen atoms in total. The SMILES string of the molecule is Cc1ccc(OCC(=O)NC(C)(C)C)c([C@@H](C)O)c1. The molecule has 0 aliphatic rings. The van der Waals surface area contributed by atoms with E-state index in [0.29, 0.717) is 11.3 Å². The number of hydrogen-bond donors (Lipinski definition) is 2. The molecule has 0 saturated carbocycles. The smallest absolute Gasteiger partial charge is 0.258 e. The van der Waals surface area contributed by atoms with Crippen LogP contribution in [-0.4, -0.2) is 23.2 Å². The number of hydrogen-bond acceptors (Lipinski definition) is 3. The Morgan fingerprint density at radius 3 is 2.58 bits per heavy atom. The average Bonchev–Trinajstić information content (AvgIpc) is 2.24. The lowest BCUT2D eigenvalue weighted by atomic mass is 10.1. The van der Waals surface area contributed by atoms with E-state index in [1.807, 2.05) is 39.8 Å². The molecule has 0 aromatic heterocycles. The van der Waals surface area contributed by atoms with Crippen molar-refractivity contribution in [1.82, 2.24) is 5.32 Å². The summed E-state index contributed by atoms with van der Waals surface area (Å²) in [6.07, 6.45) is -0.624. The molecule has 1 aromatic carbocycles. The number of nitrogens with one attached hydrogen (secondary N) is 1. The molecule has 0 heterocycles. The maximum atomic E-state index is 11.7. The monoisotopic (exact) mass is 265 g/mol. The highest BCUT2D eigenvalue weighted by molar-refractivity contribution is 5.78. The molecule has 0 unspecified atom stereocenters. The molecule has 4 heteroatoms. The lowest BCUT2D eigenvalue weighted by Crippen LogP contribution is -2.43. The van der Waals surface area contributed by atoms with E-state index in [1.54, 1.807) is 13.0 Å². The molecule has 1 rings (SSSR count). The second kappa shape index (κ2) is 6.06. The fraction of sp³-hybridized carbons (Fsp3) is 0.533. The molecule has 0 aliphatic carbocycles. The third kappa shape index (κ3) is 5.30. The Balaban J connectivity index is 2.70. The number of ether oxygens (including phenoxy) is 1. The molecule has 0 saturated heterocycles. The maximum Gasteiger partial charge on any atom is 0.258 e. The molecule has 19 heavy (non-hydrogen) atoms. The van der Waals surface area contributed by atoms with Crippen molar-refractivity contribution in [3.8, 4) is 5.75 Å². The van der Waals surface area contributed by atoms with Gasteiger partial charge in [0.05, 0.1) is 6.10 Å². The molecular weight excluding hydrogens is 242 g/mol. The van der Waals surface area contributed by atoms with Crippen molar-refractivity contribution in [2.75, 3.05) is 6.61 Å². The van der Waals surface area contributed by atoms with Gasteiger partial charge >= 0.3 is 0 Å². The first-order valence-corrected chi connectivity index (χ1v) is 6.41. The molecule has 2 N–H and O–H groups in total. The van der Waals surface area contributed by atoms with E-state index in [9.17, 15) is 9.90 Å². The van der Waals surface area contributed by atoms with Gasteiger partial charge in [-0.2, -0.15) is 0 Å². The van der Waals surface area contributed by atoms with Gasteiger partial charge in [0.1, 0.15) is 5.75 Å². The van der Waals surface area contributed by atoms with Gasteiger partial charge in [-0.05, 0) is 46.8 Å². The molecule has 1 amide bonds. The molecule has 0 spiro atoms. The van der Waals surface area contributed by atoms with Crippen molar-refractivity contribution < 1.29 is 14.6 Å². The fourth-order valence-electron chi connectivity index (χ4n) is 1.72. The first-order valence-electron chi connectivity index (χ1n) is 6.41. The Morgan fingerprint density at radius 2 is 2.05 bits per heavy atom. The molecular formula is C15H23NO3. The molecule has 106 valence electrons.